The van der Waals surface area contributed by atoms with Gasteiger partial charge in [0, 0.05) is 0 Å². The maximum absolute atomic E-state index is 10.9. The number of aliphatic hydroxyl groups is 1. The van der Waals surface area contributed by atoms with Crippen LogP contribution < -0.4 is 9.47 Å². The van der Waals surface area contributed by atoms with Crippen molar-refractivity contribution in [2.24, 2.45) is 0 Å². The monoisotopic (exact) mass is 253 g/mol. The van der Waals surface area contributed by atoms with E-state index < -0.39 is 11.0 Å². The number of rotatable bonds is 4. The second kappa shape index (κ2) is 5.22. The van der Waals surface area contributed by atoms with Crippen LogP contribution in [0.3, 0.4) is 0 Å². The van der Waals surface area contributed by atoms with Gasteiger partial charge in [-0.2, -0.15) is 0 Å². The van der Waals surface area contributed by atoms with E-state index in [1.165, 1.54) is 19.2 Å². The van der Waals surface area contributed by atoms with E-state index in [2.05, 4.69) is 0 Å². The predicted molar refractivity (Wildman–Crippen MR) is 63.9 cm³/mol. The Hall–Kier alpha value is -1.82. The lowest BCUT2D eigenvalue weighted by Gasteiger charge is -2.17. The van der Waals surface area contributed by atoms with Crippen LogP contribution in [0.5, 0.6) is 11.5 Å². The van der Waals surface area contributed by atoms with E-state index >= 15 is 0 Å². The SMILES string of the molecule is COc1ccc(O[C@@H]2CCC[C@H]2O)cc1[N+](=O)[O-]. The summed E-state index contributed by atoms with van der Waals surface area (Å²) in [5.41, 5.74) is -0.137. The summed E-state index contributed by atoms with van der Waals surface area (Å²) in [6, 6.07) is 4.43. The molecular formula is C12H15NO5. The number of hydrogen-bond acceptors (Lipinski definition) is 5. The van der Waals surface area contributed by atoms with E-state index in [9.17, 15) is 15.2 Å². The van der Waals surface area contributed by atoms with E-state index in [1.807, 2.05) is 0 Å². The third kappa shape index (κ3) is 2.53. The van der Waals surface area contributed by atoms with Gasteiger partial charge >= 0.3 is 5.69 Å². The zero-order chi connectivity index (χ0) is 13.1. The standard InChI is InChI=1S/C12H15NO5/c1-17-11-6-5-8(7-9(11)13(15)16)18-12-4-2-3-10(12)14/h5-7,10,12,14H,2-4H2,1H3/t10-,12-/m1/s1. The van der Waals surface area contributed by atoms with Crippen LogP contribution in [-0.4, -0.2) is 29.3 Å². The molecule has 0 aromatic heterocycles. The van der Waals surface area contributed by atoms with E-state index in [-0.39, 0.29) is 17.5 Å². The molecule has 6 nitrogen and oxygen atoms in total. The molecule has 6 heteroatoms. The molecule has 0 aliphatic heterocycles. The molecule has 2 rings (SSSR count). The van der Waals surface area contributed by atoms with Crippen molar-refractivity contribution in [3.05, 3.63) is 28.3 Å². The molecule has 0 bridgehead atoms. The highest BCUT2D eigenvalue weighted by atomic mass is 16.6. The molecule has 2 atom stereocenters. The first-order valence-corrected chi connectivity index (χ1v) is 5.79. The molecule has 0 saturated heterocycles. The molecule has 1 aliphatic rings. The summed E-state index contributed by atoms with van der Waals surface area (Å²) in [5, 5.41) is 20.5. The summed E-state index contributed by atoms with van der Waals surface area (Å²) in [7, 11) is 1.38. The molecular weight excluding hydrogens is 238 g/mol. The zero-order valence-corrected chi connectivity index (χ0v) is 10.0. The van der Waals surface area contributed by atoms with E-state index in [4.69, 9.17) is 9.47 Å². The highest BCUT2D eigenvalue weighted by Gasteiger charge is 2.27. The minimum absolute atomic E-state index is 0.137. The van der Waals surface area contributed by atoms with Gasteiger partial charge in [0.1, 0.15) is 11.9 Å². The van der Waals surface area contributed by atoms with Gasteiger partial charge in [-0.05, 0) is 31.4 Å². The van der Waals surface area contributed by atoms with Crippen LogP contribution in [-0.2, 0) is 0 Å². The number of methoxy groups -OCH3 is 1. The maximum atomic E-state index is 10.9. The van der Waals surface area contributed by atoms with Crippen LogP contribution in [0.25, 0.3) is 0 Å². The summed E-state index contributed by atoms with van der Waals surface area (Å²) >= 11 is 0. The van der Waals surface area contributed by atoms with Gasteiger partial charge in [-0.1, -0.05) is 0 Å². The summed E-state index contributed by atoms with van der Waals surface area (Å²) < 4.78 is 10.5. The lowest BCUT2D eigenvalue weighted by atomic mass is 10.2. The van der Waals surface area contributed by atoms with Gasteiger partial charge < -0.3 is 14.6 Å². The van der Waals surface area contributed by atoms with Crippen molar-refractivity contribution < 1.29 is 19.5 Å². The summed E-state index contributed by atoms with van der Waals surface area (Å²) in [6.07, 6.45) is 1.61. The largest absolute Gasteiger partial charge is 0.490 e. The molecule has 98 valence electrons. The average molecular weight is 253 g/mol. The highest BCUT2D eigenvalue weighted by Crippen LogP contribution is 2.32. The molecule has 0 amide bonds. The number of nitro groups is 1. The van der Waals surface area contributed by atoms with Crippen molar-refractivity contribution in [1.82, 2.24) is 0 Å². The number of ether oxygens (including phenoxy) is 2. The smallest absolute Gasteiger partial charge is 0.314 e. The van der Waals surface area contributed by atoms with E-state index in [0.29, 0.717) is 12.2 Å². The van der Waals surface area contributed by atoms with Crippen LogP contribution in [0, 0.1) is 10.1 Å². The van der Waals surface area contributed by atoms with Gasteiger partial charge in [0.2, 0.25) is 0 Å². The van der Waals surface area contributed by atoms with Gasteiger partial charge in [-0.3, -0.25) is 10.1 Å². The molecule has 0 heterocycles. The number of aliphatic hydroxyl groups excluding tert-OH is 1. The van der Waals surface area contributed by atoms with Crippen molar-refractivity contribution in [2.75, 3.05) is 7.11 Å². The van der Waals surface area contributed by atoms with Crippen LogP contribution in [0.1, 0.15) is 19.3 Å². The Morgan fingerprint density at radius 2 is 2.22 bits per heavy atom. The van der Waals surface area contributed by atoms with Crippen LogP contribution in [0.4, 0.5) is 5.69 Å². The van der Waals surface area contributed by atoms with Crippen LogP contribution in [0.15, 0.2) is 18.2 Å². The number of nitrogens with zero attached hydrogens (tertiary/aromatic N) is 1. The first-order valence-electron chi connectivity index (χ1n) is 5.79. The minimum Gasteiger partial charge on any atom is -0.490 e. The van der Waals surface area contributed by atoms with Gasteiger partial charge in [0.05, 0.1) is 24.2 Å². The normalized spacial score (nSPS) is 22.8. The second-order valence-corrected chi connectivity index (χ2v) is 4.25. The summed E-state index contributed by atoms with van der Waals surface area (Å²) in [6.45, 7) is 0. The topological polar surface area (TPSA) is 81.8 Å². The van der Waals surface area contributed by atoms with Gasteiger partial charge in [-0.25, -0.2) is 0 Å². The zero-order valence-electron chi connectivity index (χ0n) is 10.0. The number of nitro benzene ring substituents is 1. The van der Waals surface area contributed by atoms with Crippen molar-refractivity contribution in [3.63, 3.8) is 0 Å². The molecule has 1 aromatic rings. The molecule has 0 radical (unpaired) electrons. The maximum Gasteiger partial charge on any atom is 0.314 e. The van der Waals surface area contributed by atoms with E-state index in [0.717, 1.165) is 12.8 Å². The highest BCUT2D eigenvalue weighted by molar-refractivity contribution is 5.50. The minimum atomic E-state index is -0.517. The summed E-state index contributed by atoms with van der Waals surface area (Å²) in [4.78, 5) is 10.3. The Morgan fingerprint density at radius 1 is 1.44 bits per heavy atom. The fourth-order valence-corrected chi connectivity index (χ4v) is 2.10. The van der Waals surface area contributed by atoms with E-state index in [1.54, 1.807) is 6.07 Å². The third-order valence-corrected chi connectivity index (χ3v) is 3.05. The Kier molecular flexibility index (Phi) is 3.66. The lowest BCUT2D eigenvalue weighted by molar-refractivity contribution is -0.385. The number of benzene rings is 1. The molecule has 1 aromatic carbocycles. The fraction of sp³-hybridized carbons (Fsp3) is 0.500. The quantitative estimate of drug-likeness (QED) is 0.654. The molecule has 0 spiro atoms. The number of hydrogen-bond donors (Lipinski definition) is 1. The fourth-order valence-electron chi connectivity index (χ4n) is 2.10. The second-order valence-electron chi connectivity index (χ2n) is 4.25. The van der Waals surface area contributed by atoms with Gasteiger partial charge in [0.25, 0.3) is 0 Å². The van der Waals surface area contributed by atoms with Gasteiger partial charge in [0.15, 0.2) is 5.75 Å². The molecule has 1 fully saturated rings. The molecule has 18 heavy (non-hydrogen) atoms. The predicted octanol–water partition coefficient (Wildman–Crippen LogP) is 1.90. The Labute approximate surface area is 104 Å². The molecule has 0 unspecified atom stereocenters. The van der Waals surface area contributed by atoms with Crippen molar-refractivity contribution in [2.45, 2.75) is 31.5 Å². The molecule has 1 aliphatic carbocycles. The molecule has 1 N–H and O–H groups in total. The summed E-state index contributed by atoms with van der Waals surface area (Å²) in [5.74, 6) is 0.577. The Morgan fingerprint density at radius 3 is 2.78 bits per heavy atom. The Bertz CT molecular complexity index is 448. The van der Waals surface area contributed by atoms with Crippen molar-refractivity contribution in [3.8, 4) is 11.5 Å². The average Bonchev–Trinajstić information content (AvgIpc) is 2.75. The lowest BCUT2D eigenvalue weighted by Crippen LogP contribution is -2.25. The van der Waals surface area contributed by atoms with Crippen molar-refractivity contribution >= 4 is 5.69 Å². The van der Waals surface area contributed by atoms with Crippen LogP contribution >= 0.6 is 0 Å². The Balaban J connectivity index is 2.18. The molecule has 1 saturated carbocycles. The third-order valence-electron chi connectivity index (χ3n) is 3.05. The van der Waals surface area contributed by atoms with Crippen molar-refractivity contribution in [1.29, 1.82) is 0 Å². The first kappa shape index (κ1) is 12.6. The first-order chi connectivity index (χ1) is 8.61. The van der Waals surface area contributed by atoms with Crippen LogP contribution in [0.2, 0.25) is 0 Å². The van der Waals surface area contributed by atoms with Gasteiger partial charge in [-0.15, -0.1) is 0 Å².